The number of nitrogens with zero attached hydrogens (tertiary/aromatic N) is 2. The van der Waals surface area contributed by atoms with Gasteiger partial charge in [-0.1, -0.05) is 0 Å². The largest absolute Gasteiger partial charge is 0.444 e. The van der Waals surface area contributed by atoms with Crippen LogP contribution in [0.1, 0.15) is 51.9 Å². The second-order valence-corrected chi connectivity index (χ2v) is 8.89. The number of carbonyl (C=O) groups is 1. The van der Waals surface area contributed by atoms with Crippen LogP contribution in [0.25, 0.3) is 0 Å². The Hall–Kier alpha value is -0.0600. The first kappa shape index (κ1) is 15.8. The van der Waals surface area contributed by atoms with Gasteiger partial charge in [0.15, 0.2) is 0 Å². The summed E-state index contributed by atoms with van der Waals surface area (Å²) >= 11 is 4.47. The Bertz CT molecular complexity index is 548. The van der Waals surface area contributed by atoms with Crippen LogP contribution in [0.3, 0.4) is 0 Å². The van der Waals surface area contributed by atoms with Crippen molar-refractivity contribution in [2.24, 2.45) is 5.92 Å². The molecular weight excluding hydrogens is 496 g/mol. The van der Waals surface area contributed by atoms with Gasteiger partial charge in [0, 0.05) is 6.04 Å². The lowest BCUT2D eigenvalue weighted by atomic mass is 9.98. The minimum absolute atomic E-state index is 0.0376. The highest BCUT2D eigenvalue weighted by atomic mass is 127. The van der Waals surface area contributed by atoms with E-state index in [0.29, 0.717) is 12.0 Å². The number of H-pyrrole nitrogens is 1. The monoisotopic (exact) mass is 515 g/mol. The molecule has 7 heteroatoms. The summed E-state index contributed by atoms with van der Waals surface area (Å²) in [4.78, 5) is 22.5. The van der Waals surface area contributed by atoms with Gasteiger partial charge in [-0.25, -0.2) is 9.78 Å². The molecule has 2 bridgehead atoms. The third-order valence-corrected chi connectivity index (χ3v) is 6.70. The Morgan fingerprint density at radius 2 is 2.10 bits per heavy atom. The Kier molecular flexibility index (Phi) is 4.17. The second-order valence-electron chi connectivity index (χ2n) is 6.79. The van der Waals surface area contributed by atoms with Crippen molar-refractivity contribution in [3.05, 3.63) is 13.2 Å². The summed E-state index contributed by atoms with van der Waals surface area (Å²) in [6, 6.07) is 0.339. The van der Waals surface area contributed by atoms with Gasteiger partial charge in [0.25, 0.3) is 0 Å². The molecule has 1 aliphatic heterocycles. The van der Waals surface area contributed by atoms with E-state index < -0.39 is 5.60 Å². The summed E-state index contributed by atoms with van der Waals surface area (Å²) in [6.45, 7) is 5.73. The van der Waals surface area contributed by atoms with Crippen LogP contribution in [0.2, 0.25) is 0 Å². The molecule has 0 spiro atoms. The smallest absolute Gasteiger partial charge is 0.411 e. The second kappa shape index (κ2) is 5.54. The van der Waals surface area contributed by atoms with Crippen molar-refractivity contribution in [1.82, 2.24) is 14.9 Å². The molecule has 3 atom stereocenters. The van der Waals surface area contributed by atoms with Crippen molar-refractivity contribution in [3.8, 4) is 0 Å². The standard InChI is InChI=1S/C14H19I2N3O2/c1-14(2,3)21-13(20)19-8-5-4-7(6-8)9(19)12-17-10(15)11(16)18-12/h7-9H,4-6H2,1-3H3,(H,17,18)/t7?,8?,9-/m0/s1. The third kappa shape index (κ3) is 3.04. The first-order valence-corrected chi connectivity index (χ1v) is 9.34. The number of halogens is 2. The van der Waals surface area contributed by atoms with E-state index in [-0.39, 0.29) is 12.1 Å². The molecule has 1 N–H and O–H groups in total. The van der Waals surface area contributed by atoms with Gasteiger partial charge < -0.3 is 9.72 Å². The zero-order chi connectivity index (χ0) is 15.4. The lowest BCUT2D eigenvalue weighted by molar-refractivity contribution is 0.00618. The number of piperidine rings is 1. The Balaban J connectivity index is 1.88. The average Bonchev–Trinajstić information content (AvgIpc) is 3.01. The summed E-state index contributed by atoms with van der Waals surface area (Å²) in [5, 5.41) is 0. The molecule has 1 aromatic heterocycles. The van der Waals surface area contributed by atoms with Gasteiger partial charge in [-0.2, -0.15) is 0 Å². The van der Waals surface area contributed by atoms with Gasteiger partial charge in [0.1, 0.15) is 18.8 Å². The van der Waals surface area contributed by atoms with Crippen molar-refractivity contribution in [3.63, 3.8) is 0 Å². The summed E-state index contributed by atoms with van der Waals surface area (Å²) in [5.74, 6) is 1.40. The molecule has 2 heterocycles. The molecule has 2 unspecified atom stereocenters. The number of fused-ring (bicyclic) bond motifs is 2. The molecule has 1 aliphatic carbocycles. The number of nitrogens with one attached hydrogen (secondary N) is 1. The van der Waals surface area contributed by atoms with E-state index in [1.165, 1.54) is 6.42 Å². The van der Waals surface area contributed by atoms with Crippen LogP contribution in [0, 0.1) is 13.3 Å². The first-order chi connectivity index (χ1) is 9.76. The summed E-state index contributed by atoms with van der Waals surface area (Å²) < 4.78 is 7.61. The Morgan fingerprint density at radius 1 is 1.38 bits per heavy atom. The van der Waals surface area contributed by atoms with Crippen LogP contribution in [0.4, 0.5) is 4.79 Å². The highest BCUT2D eigenvalue weighted by molar-refractivity contribution is 14.1. The molecule has 0 aromatic carbocycles. The van der Waals surface area contributed by atoms with Gasteiger partial charge in [0.2, 0.25) is 0 Å². The van der Waals surface area contributed by atoms with Gasteiger partial charge in [-0.05, 0) is 91.1 Å². The number of ether oxygens (including phenoxy) is 1. The fraction of sp³-hybridized carbons (Fsp3) is 0.714. The molecule has 1 amide bonds. The SMILES string of the molecule is CC(C)(C)OC(=O)N1C2CCC(C2)[C@H]1c1nc(I)c(I)[nH]1. The van der Waals surface area contributed by atoms with E-state index in [4.69, 9.17) is 4.74 Å². The number of rotatable bonds is 1. The van der Waals surface area contributed by atoms with Gasteiger partial charge in [-0.3, -0.25) is 4.90 Å². The molecule has 1 aromatic rings. The summed E-state index contributed by atoms with van der Waals surface area (Å²) in [6.07, 6.45) is 3.11. The zero-order valence-corrected chi connectivity index (χ0v) is 16.6. The molecule has 2 aliphatic rings. The van der Waals surface area contributed by atoms with E-state index >= 15 is 0 Å². The molecule has 3 rings (SSSR count). The van der Waals surface area contributed by atoms with Crippen LogP contribution < -0.4 is 0 Å². The van der Waals surface area contributed by atoms with Crippen LogP contribution in [-0.2, 0) is 4.74 Å². The minimum Gasteiger partial charge on any atom is -0.444 e. The molecule has 0 radical (unpaired) electrons. The molecule has 1 saturated heterocycles. The van der Waals surface area contributed by atoms with Gasteiger partial charge in [0.05, 0.1) is 6.04 Å². The number of aromatic nitrogens is 2. The zero-order valence-electron chi connectivity index (χ0n) is 12.3. The maximum absolute atomic E-state index is 12.6. The molecule has 116 valence electrons. The van der Waals surface area contributed by atoms with E-state index in [9.17, 15) is 4.79 Å². The molecular formula is C14H19I2N3O2. The number of imidazole rings is 1. The number of hydrogen-bond donors (Lipinski definition) is 1. The fourth-order valence-corrected chi connectivity index (χ4v) is 4.20. The van der Waals surface area contributed by atoms with Gasteiger partial charge in [-0.15, -0.1) is 0 Å². The van der Waals surface area contributed by atoms with Crippen LogP contribution in [-0.4, -0.2) is 32.6 Å². The van der Waals surface area contributed by atoms with E-state index in [1.807, 2.05) is 25.7 Å². The lowest BCUT2D eigenvalue weighted by Gasteiger charge is -2.35. The van der Waals surface area contributed by atoms with E-state index in [1.54, 1.807) is 0 Å². The van der Waals surface area contributed by atoms with Crippen molar-refractivity contribution >= 4 is 51.3 Å². The van der Waals surface area contributed by atoms with E-state index in [2.05, 4.69) is 55.1 Å². The predicted molar refractivity (Wildman–Crippen MR) is 96.0 cm³/mol. The van der Waals surface area contributed by atoms with Crippen LogP contribution >= 0.6 is 45.2 Å². The normalized spacial score (nSPS) is 28.2. The summed E-state index contributed by atoms with van der Waals surface area (Å²) in [7, 11) is 0. The number of carbonyl (C=O) groups excluding carboxylic acids is 1. The number of hydrogen-bond acceptors (Lipinski definition) is 3. The number of aromatic amines is 1. The van der Waals surface area contributed by atoms with Crippen molar-refractivity contribution in [1.29, 1.82) is 0 Å². The highest BCUT2D eigenvalue weighted by Crippen LogP contribution is 2.50. The predicted octanol–water partition coefficient (Wildman–Crippen LogP) is 4.08. The quantitative estimate of drug-likeness (QED) is 0.574. The van der Waals surface area contributed by atoms with E-state index in [0.717, 1.165) is 26.1 Å². The molecule has 2 fully saturated rings. The van der Waals surface area contributed by atoms with Gasteiger partial charge >= 0.3 is 6.09 Å². The number of amides is 1. The third-order valence-electron chi connectivity index (χ3n) is 4.11. The first-order valence-electron chi connectivity index (χ1n) is 7.18. The Labute approximate surface area is 151 Å². The van der Waals surface area contributed by atoms with Crippen molar-refractivity contribution in [2.75, 3.05) is 0 Å². The van der Waals surface area contributed by atoms with Crippen molar-refractivity contribution < 1.29 is 9.53 Å². The van der Waals surface area contributed by atoms with Crippen LogP contribution in [0.15, 0.2) is 0 Å². The Morgan fingerprint density at radius 3 is 2.67 bits per heavy atom. The minimum atomic E-state index is -0.463. The topological polar surface area (TPSA) is 58.2 Å². The maximum Gasteiger partial charge on any atom is 0.411 e. The lowest BCUT2D eigenvalue weighted by Crippen LogP contribution is -2.43. The average molecular weight is 515 g/mol. The molecule has 5 nitrogen and oxygen atoms in total. The fourth-order valence-electron chi connectivity index (χ4n) is 3.40. The van der Waals surface area contributed by atoms with Crippen molar-refractivity contribution in [2.45, 2.75) is 57.7 Å². The number of likely N-dealkylation sites (tertiary alicyclic amines) is 1. The molecule has 21 heavy (non-hydrogen) atoms. The van der Waals surface area contributed by atoms with Crippen LogP contribution in [0.5, 0.6) is 0 Å². The highest BCUT2D eigenvalue weighted by Gasteiger charge is 2.51. The maximum atomic E-state index is 12.6. The molecule has 1 saturated carbocycles. The summed E-state index contributed by atoms with van der Waals surface area (Å²) in [5.41, 5.74) is -0.463.